The van der Waals surface area contributed by atoms with Crippen LogP contribution in [-0.2, 0) is 11.3 Å². The normalized spacial score (nSPS) is 15.2. The molecule has 1 saturated heterocycles. The zero-order valence-electron chi connectivity index (χ0n) is 16.0. The second-order valence-corrected chi connectivity index (χ2v) is 7.15. The number of ether oxygens (including phenoxy) is 1. The van der Waals surface area contributed by atoms with Gasteiger partial charge < -0.3 is 10.1 Å². The number of aryl methyl sites for hydroxylation is 1. The molecule has 1 aliphatic heterocycles. The van der Waals surface area contributed by atoms with Crippen LogP contribution in [0.25, 0.3) is 0 Å². The number of nitrogens with zero attached hydrogens (tertiary/aromatic N) is 2. The molecule has 1 amide bonds. The second-order valence-electron chi connectivity index (χ2n) is 7.15. The molecule has 28 heavy (non-hydrogen) atoms. The Kier molecular flexibility index (Phi) is 6.60. The molecule has 0 spiro atoms. The van der Waals surface area contributed by atoms with E-state index in [1.54, 1.807) is 0 Å². The van der Waals surface area contributed by atoms with E-state index in [1.165, 1.54) is 35.4 Å². The summed E-state index contributed by atoms with van der Waals surface area (Å²) in [5.41, 5.74) is 2.58. The van der Waals surface area contributed by atoms with Gasteiger partial charge >= 0.3 is 0 Å². The number of hydrogen-bond donors (Lipinski definition) is 1. The molecule has 2 aromatic carbocycles. The van der Waals surface area contributed by atoms with E-state index in [0.717, 1.165) is 32.5 Å². The van der Waals surface area contributed by atoms with Crippen molar-refractivity contribution >= 4 is 11.6 Å². The average Bonchev–Trinajstić information content (AvgIpc) is 2.68. The monoisotopic (exact) mass is 383 g/mol. The maximum Gasteiger partial charge on any atom is 0.269 e. The van der Waals surface area contributed by atoms with E-state index in [1.807, 2.05) is 0 Å². The molecule has 0 saturated carbocycles. The first-order chi connectivity index (χ1) is 13.5. The number of non-ortho nitro benzene ring substituents is 1. The van der Waals surface area contributed by atoms with Gasteiger partial charge in [-0.1, -0.05) is 29.8 Å². The topological polar surface area (TPSA) is 84.7 Å². The molecule has 1 fully saturated rings. The van der Waals surface area contributed by atoms with Crippen molar-refractivity contribution in [3.8, 4) is 5.75 Å². The minimum absolute atomic E-state index is 0.00535. The zero-order valence-corrected chi connectivity index (χ0v) is 16.0. The van der Waals surface area contributed by atoms with Gasteiger partial charge in [0.2, 0.25) is 0 Å². The van der Waals surface area contributed by atoms with Gasteiger partial charge in [0.05, 0.1) is 4.92 Å². The molecule has 1 heterocycles. The summed E-state index contributed by atoms with van der Waals surface area (Å²) in [6.07, 6.45) is 1.82. The third-order valence-corrected chi connectivity index (χ3v) is 4.86. The Labute approximate surface area is 164 Å². The third kappa shape index (κ3) is 5.79. The molecule has 1 N–H and O–H groups in total. The lowest BCUT2D eigenvalue weighted by Gasteiger charge is -2.32. The summed E-state index contributed by atoms with van der Waals surface area (Å²) in [5.74, 6) is 0.268. The second kappa shape index (κ2) is 9.32. The lowest BCUT2D eigenvalue weighted by atomic mass is 10.0. The average molecular weight is 383 g/mol. The van der Waals surface area contributed by atoms with Crippen molar-refractivity contribution in [3.63, 3.8) is 0 Å². The highest BCUT2D eigenvalue weighted by molar-refractivity contribution is 5.77. The number of nitro benzene ring substituents is 1. The Hall–Kier alpha value is -2.93. The third-order valence-electron chi connectivity index (χ3n) is 4.86. The van der Waals surface area contributed by atoms with Crippen LogP contribution in [0.3, 0.4) is 0 Å². The highest BCUT2D eigenvalue weighted by Gasteiger charge is 2.21. The van der Waals surface area contributed by atoms with Gasteiger partial charge in [-0.3, -0.25) is 19.8 Å². The predicted octanol–water partition coefficient (Wildman–Crippen LogP) is 3.06. The first kappa shape index (κ1) is 19.8. The number of hydrogen-bond acceptors (Lipinski definition) is 5. The van der Waals surface area contributed by atoms with Gasteiger partial charge in [-0.05, 0) is 37.5 Å². The van der Waals surface area contributed by atoms with Crippen LogP contribution in [-0.4, -0.2) is 41.5 Å². The lowest BCUT2D eigenvalue weighted by Crippen LogP contribution is -2.45. The van der Waals surface area contributed by atoms with Crippen LogP contribution in [0.4, 0.5) is 5.69 Å². The molecule has 0 radical (unpaired) electrons. The van der Waals surface area contributed by atoms with Crippen LogP contribution in [0.2, 0.25) is 0 Å². The zero-order chi connectivity index (χ0) is 19.9. The quantitative estimate of drug-likeness (QED) is 0.587. The Morgan fingerprint density at radius 1 is 1.21 bits per heavy atom. The fraction of sp³-hybridized carbons (Fsp3) is 0.381. The number of benzene rings is 2. The predicted molar refractivity (Wildman–Crippen MR) is 106 cm³/mol. The van der Waals surface area contributed by atoms with Gasteiger partial charge in [-0.2, -0.15) is 0 Å². The molecule has 0 atom stereocenters. The minimum atomic E-state index is -0.470. The van der Waals surface area contributed by atoms with Crippen LogP contribution in [0, 0.1) is 17.0 Å². The van der Waals surface area contributed by atoms with Crippen LogP contribution in [0.15, 0.2) is 48.5 Å². The molecule has 3 rings (SSSR count). The number of carbonyl (C=O) groups is 1. The van der Waals surface area contributed by atoms with Crippen molar-refractivity contribution in [2.45, 2.75) is 32.4 Å². The standard InChI is InChI=1S/C21H25N3O4/c1-16-3-2-4-17(13-16)14-23-11-9-18(10-12-23)22-21(25)15-28-20-7-5-19(6-8-20)24(26)27/h2-8,13,18H,9-12,14-15H2,1H3,(H,22,25). The number of carbonyl (C=O) groups excluding carboxylic acids is 1. The molecule has 7 nitrogen and oxygen atoms in total. The molecule has 0 bridgehead atoms. The Morgan fingerprint density at radius 2 is 1.93 bits per heavy atom. The molecule has 7 heteroatoms. The van der Waals surface area contributed by atoms with Crippen molar-refractivity contribution in [1.82, 2.24) is 10.2 Å². The Morgan fingerprint density at radius 3 is 2.57 bits per heavy atom. The fourth-order valence-corrected chi connectivity index (χ4v) is 3.39. The maximum atomic E-state index is 12.1. The Bertz CT molecular complexity index is 815. The van der Waals surface area contributed by atoms with Crippen LogP contribution in [0.1, 0.15) is 24.0 Å². The number of rotatable bonds is 7. The SMILES string of the molecule is Cc1cccc(CN2CCC(NC(=O)COc3ccc([N+](=O)[O-])cc3)CC2)c1. The van der Waals surface area contributed by atoms with E-state index >= 15 is 0 Å². The largest absolute Gasteiger partial charge is 0.484 e. The summed E-state index contributed by atoms with van der Waals surface area (Å²) < 4.78 is 5.41. The number of likely N-dealkylation sites (tertiary alicyclic amines) is 1. The number of nitro groups is 1. The first-order valence-corrected chi connectivity index (χ1v) is 9.44. The number of nitrogens with one attached hydrogen (secondary N) is 1. The summed E-state index contributed by atoms with van der Waals surface area (Å²) >= 11 is 0. The molecular formula is C21H25N3O4. The fourth-order valence-electron chi connectivity index (χ4n) is 3.39. The molecule has 1 aliphatic rings. The highest BCUT2D eigenvalue weighted by atomic mass is 16.6. The van der Waals surface area contributed by atoms with Crippen molar-refractivity contribution in [2.75, 3.05) is 19.7 Å². The summed E-state index contributed by atoms with van der Waals surface area (Å²) in [6, 6.07) is 14.4. The maximum absolute atomic E-state index is 12.1. The van der Waals surface area contributed by atoms with E-state index in [0.29, 0.717) is 5.75 Å². The molecular weight excluding hydrogens is 358 g/mol. The molecule has 0 aliphatic carbocycles. The summed E-state index contributed by atoms with van der Waals surface area (Å²) in [7, 11) is 0. The van der Waals surface area contributed by atoms with Crippen molar-refractivity contribution in [3.05, 3.63) is 69.8 Å². The van der Waals surface area contributed by atoms with Crippen molar-refractivity contribution in [2.24, 2.45) is 0 Å². The van der Waals surface area contributed by atoms with Crippen molar-refractivity contribution in [1.29, 1.82) is 0 Å². The molecule has 148 valence electrons. The van der Waals surface area contributed by atoms with E-state index < -0.39 is 4.92 Å². The molecule has 0 unspecified atom stereocenters. The van der Waals surface area contributed by atoms with E-state index in [4.69, 9.17) is 4.74 Å². The van der Waals surface area contributed by atoms with Crippen LogP contribution in [0.5, 0.6) is 5.75 Å². The van der Waals surface area contributed by atoms with Gasteiger partial charge in [-0.15, -0.1) is 0 Å². The van der Waals surface area contributed by atoms with E-state index in [9.17, 15) is 14.9 Å². The number of piperidine rings is 1. The lowest BCUT2D eigenvalue weighted by molar-refractivity contribution is -0.384. The highest BCUT2D eigenvalue weighted by Crippen LogP contribution is 2.18. The van der Waals surface area contributed by atoms with Gasteiger partial charge in [0, 0.05) is 37.8 Å². The number of amides is 1. The first-order valence-electron chi connectivity index (χ1n) is 9.44. The summed E-state index contributed by atoms with van der Waals surface area (Å²) in [4.78, 5) is 24.7. The van der Waals surface area contributed by atoms with Gasteiger partial charge in [0.15, 0.2) is 6.61 Å². The van der Waals surface area contributed by atoms with Gasteiger partial charge in [-0.25, -0.2) is 0 Å². The summed E-state index contributed by atoms with van der Waals surface area (Å²) in [6.45, 7) is 4.83. The van der Waals surface area contributed by atoms with Gasteiger partial charge in [0.1, 0.15) is 5.75 Å². The van der Waals surface area contributed by atoms with E-state index in [2.05, 4.69) is 41.4 Å². The van der Waals surface area contributed by atoms with Crippen molar-refractivity contribution < 1.29 is 14.5 Å². The molecule has 2 aromatic rings. The smallest absolute Gasteiger partial charge is 0.269 e. The Balaban J connectivity index is 1.38. The van der Waals surface area contributed by atoms with Gasteiger partial charge in [0.25, 0.3) is 11.6 Å². The summed E-state index contributed by atoms with van der Waals surface area (Å²) in [5, 5.41) is 13.7. The van der Waals surface area contributed by atoms with E-state index in [-0.39, 0.29) is 24.2 Å². The van der Waals surface area contributed by atoms with Crippen LogP contribution < -0.4 is 10.1 Å². The minimum Gasteiger partial charge on any atom is -0.484 e. The molecule has 0 aromatic heterocycles. The van der Waals surface area contributed by atoms with Crippen LogP contribution >= 0.6 is 0 Å².